The Labute approximate surface area is 372 Å². The van der Waals surface area contributed by atoms with E-state index in [2.05, 4.69) is 244 Å². The van der Waals surface area contributed by atoms with Crippen LogP contribution in [0.1, 0.15) is 61.9 Å². The first-order valence-electron chi connectivity index (χ1n) is 22.5. The minimum absolute atomic E-state index is 0.118. The second kappa shape index (κ2) is 15.3. The van der Waals surface area contributed by atoms with Crippen molar-refractivity contribution in [2.45, 2.75) is 51.4 Å². The van der Waals surface area contributed by atoms with E-state index in [-0.39, 0.29) is 10.8 Å². The maximum atomic E-state index is 2.60. The van der Waals surface area contributed by atoms with E-state index in [1.165, 1.54) is 94.7 Å². The van der Waals surface area contributed by atoms with Crippen LogP contribution in [0.4, 0.5) is 28.4 Å². The summed E-state index contributed by atoms with van der Waals surface area (Å²) in [5, 5.41) is 2.57. The summed E-state index contributed by atoms with van der Waals surface area (Å²) < 4.78 is 0. The molecular weight excluding hydrogens is 761 g/mol. The summed E-state index contributed by atoms with van der Waals surface area (Å²) in [5.41, 5.74) is 20.4. The number of aryl methyl sites for hydroxylation is 1. The highest BCUT2D eigenvalue weighted by Crippen LogP contribution is 2.52. The van der Waals surface area contributed by atoms with Gasteiger partial charge in [0.2, 0.25) is 0 Å². The molecule has 2 aliphatic rings. The lowest BCUT2D eigenvalue weighted by atomic mass is 9.73. The smallest absolute Gasteiger partial charge is 0.0500 e. The Morgan fingerprint density at radius 3 is 1.76 bits per heavy atom. The van der Waals surface area contributed by atoms with Gasteiger partial charge < -0.3 is 9.80 Å². The average molecular weight is 813 g/mol. The van der Waals surface area contributed by atoms with E-state index in [1.807, 2.05) is 0 Å². The van der Waals surface area contributed by atoms with Crippen molar-refractivity contribution in [3.8, 4) is 33.4 Å². The van der Waals surface area contributed by atoms with Gasteiger partial charge in [-0.2, -0.15) is 0 Å². The van der Waals surface area contributed by atoms with Gasteiger partial charge in [0, 0.05) is 45.8 Å². The number of fused-ring (bicyclic) bond motifs is 6. The van der Waals surface area contributed by atoms with Gasteiger partial charge in [0.25, 0.3) is 0 Å². The molecule has 1 aliphatic carbocycles. The summed E-state index contributed by atoms with van der Waals surface area (Å²) >= 11 is 0. The second-order valence-corrected chi connectivity index (χ2v) is 18.4. The number of anilines is 5. The van der Waals surface area contributed by atoms with Gasteiger partial charge in [0.15, 0.2) is 0 Å². The molecule has 1 aliphatic heterocycles. The number of nitrogens with zero attached hydrogens (tertiary/aromatic N) is 2. The third-order valence-electron chi connectivity index (χ3n) is 14.1. The summed E-state index contributed by atoms with van der Waals surface area (Å²) in [4.78, 5) is 5.13. The minimum atomic E-state index is -0.122. The normalized spacial score (nSPS) is 14.1. The van der Waals surface area contributed by atoms with E-state index in [1.54, 1.807) is 0 Å². The number of benzene rings is 9. The lowest BCUT2D eigenvalue weighted by molar-refractivity contribution is 0.621. The van der Waals surface area contributed by atoms with E-state index in [0.717, 1.165) is 25.1 Å². The molecule has 0 fully saturated rings. The van der Waals surface area contributed by atoms with Crippen LogP contribution in [0.5, 0.6) is 0 Å². The Hall–Kier alpha value is -7.16. The second-order valence-electron chi connectivity index (χ2n) is 18.4. The van der Waals surface area contributed by atoms with Crippen LogP contribution in [0.25, 0.3) is 44.2 Å². The minimum Gasteiger partial charge on any atom is -0.341 e. The SMILES string of the molecule is CC1(C)c2ccccc2-c2ccc(N(c3ccc(-c4ccccc4)cc3)c3ccc4ccccc4c3CCCN3c4ccccc4C(C)(C)c4ccc(-c5ccccc5)cc43)cc21. The lowest BCUT2D eigenvalue weighted by Gasteiger charge is -2.42. The fourth-order valence-electron chi connectivity index (χ4n) is 10.7. The highest BCUT2D eigenvalue weighted by molar-refractivity contribution is 5.95. The van der Waals surface area contributed by atoms with E-state index < -0.39 is 0 Å². The molecule has 2 nitrogen and oxygen atoms in total. The molecule has 1 heterocycles. The Bertz CT molecular complexity index is 3140. The standard InChI is InChI=1S/C61H52N2/c1-60(2)53-26-14-13-24-50(53)51-36-35-48(41-56(51)60)63(47-33-29-44(30-34-47)42-18-7-5-8-19-42)57-38-32-45-22-11-12-23-49(45)52(57)25-17-39-62-58-28-16-15-27-54(58)61(3,4)55-37-31-46(40-59(55)62)43-20-9-6-10-21-43/h5-16,18-24,26-38,40-41H,17,25,39H2,1-4H3. The van der Waals surface area contributed by atoms with Crippen molar-refractivity contribution in [2.75, 3.05) is 16.3 Å². The van der Waals surface area contributed by atoms with Gasteiger partial charge >= 0.3 is 0 Å². The van der Waals surface area contributed by atoms with Crippen LogP contribution in [0.3, 0.4) is 0 Å². The molecule has 0 saturated heterocycles. The molecule has 63 heavy (non-hydrogen) atoms. The van der Waals surface area contributed by atoms with Gasteiger partial charge in [-0.3, -0.25) is 0 Å². The molecule has 11 rings (SSSR count). The molecule has 2 heteroatoms. The largest absolute Gasteiger partial charge is 0.341 e. The molecule has 0 bridgehead atoms. The summed E-state index contributed by atoms with van der Waals surface area (Å²) in [6, 6.07) is 76.6. The van der Waals surface area contributed by atoms with Crippen molar-refractivity contribution in [3.05, 3.63) is 234 Å². The summed E-state index contributed by atoms with van der Waals surface area (Å²) in [5.74, 6) is 0. The van der Waals surface area contributed by atoms with Crippen LogP contribution in [0, 0.1) is 0 Å². The molecule has 0 unspecified atom stereocenters. The van der Waals surface area contributed by atoms with Crippen LogP contribution in [-0.4, -0.2) is 6.54 Å². The zero-order valence-corrected chi connectivity index (χ0v) is 36.6. The van der Waals surface area contributed by atoms with E-state index >= 15 is 0 Å². The highest BCUT2D eigenvalue weighted by atomic mass is 15.2. The third-order valence-corrected chi connectivity index (χ3v) is 14.1. The molecule has 0 amide bonds. The molecule has 0 saturated carbocycles. The zero-order valence-electron chi connectivity index (χ0n) is 36.6. The predicted octanol–water partition coefficient (Wildman–Crippen LogP) is 16.4. The predicted molar refractivity (Wildman–Crippen MR) is 267 cm³/mol. The summed E-state index contributed by atoms with van der Waals surface area (Å²) in [6.45, 7) is 10.4. The van der Waals surface area contributed by atoms with Crippen molar-refractivity contribution in [2.24, 2.45) is 0 Å². The van der Waals surface area contributed by atoms with Crippen LogP contribution in [-0.2, 0) is 17.3 Å². The molecule has 0 aromatic heterocycles. The van der Waals surface area contributed by atoms with Crippen molar-refractivity contribution >= 4 is 39.2 Å². The zero-order chi connectivity index (χ0) is 42.7. The first-order valence-corrected chi connectivity index (χ1v) is 22.5. The number of para-hydroxylation sites is 1. The molecule has 0 N–H and O–H groups in total. The van der Waals surface area contributed by atoms with Crippen LogP contribution >= 0.6 is 0 Å². The fourth-order valence-corrected chi connectivity index (χ4v) is 10.7. The fraction of sp³-hybridized carbons (Fsp3) is 0.148. The van der Waals surface area contributed by atoms with Gasteiger partial charge in [-0.1, -0.05) is 191 Å². The Kier molecular flexibility index (Phi) is 9.43. The quantitative estimate of drug-likeness (QED) is 0.143. The Balaban J connectivity index is 1.02. The van der Waals surface area contributed by atoms with E-state index in [4.69, 9.17) is 0 Å². The van der Waals surface area contributed by atoms with E-state index in [9.17, 15) is 0 Å². The summed E-state index contributed by atoms with van der Waals surface area (Å²) in [7, 11) is 0. The van der Waals surface area contributed by atoms with Crippen LogP contribution in [0.2, 0.25) is 0 Å². The number of hydrogen-bond acceptors (Lipinski definition) is 2. The topological polar surface area (TPSA) is 6.48 Å². The molecule has 0 spiro atoms. The van der Waals surface area contributed by atoms with Crippen molar-refractivity contribution in [3.63, 3.8) is 0 Å². The van der Waals surface area contributed by atoms with Gasteiger partial charge in [0.05, 0.1) is 0 Å². The van der Waals surface area contributed by atoms with Crippen LogP contribution in [0.15, 0.2) is 206 Å². The molecular formula is C61H52N2. The van der Waals surface area contributed by atoms with Gasteiger partial charge in [-0.25, -0.2) is 0 Å². The van der Waals surface area contributed by atoms with Gasteiger partial charge in [0.1, 0.15) is 0 Å². The Morgan fingerprint density at radius 2 is 0.984 bits per heavy atom. The highest BCUT2D eigenvalue weighted by Gasteiger charge is 2.37. The summed E-state index contributed by atoms with van der Waals surface area (Å²) in [6.07, 6.45) is 1.88. The van der Waals surface area contributed by atoms with Crippen molar-refractivity contribution in [1.29, 1.82) is 0 Å². The molecule has 9 aromatic rings. The Morgan fingerprint density at radius 1 is 0.413 bits per heavy atom. The molecule has 306 valence electrons. The van der Waals surface area contributed by atoms with Crippen molar-refractivity contribution in [1.82, 2.24) is 0 Å². The maximum Gasteiger partial charge on any atom is 0.0500 e. The first kappa shape index (κ1) is 38.7. The van der Waals surface area contributed by atoms with Crippen molar-refractivity contribution < 1.29 is 0 Å². The van der Waals surface area contributed by atoms with Gasteiger partial charge in [-0.05, 0) is 127 Å². The number of hydrogen-bond donors (Lipinski definition) is 0. The van der Waals surface area contributed by atoms with E-state index in [0.29, 0.717) is 0 Å². The first-order chi connectivity index (χ1) is 30.8. The maximum absolute atomic E-state index is 2.60. The monoisotopic (exact) mass is 812 g/mol. The third kappa shape index (κ3) is 6.55. The molecule has 0 radical (unpaired) electrons. The lowest BCUT2D eigenvalue weighted by Crippen LogP contribution is -2.33. The van der Waals surface area contributed by atoms with Gasteiger partial charge in [-0.15, -0.1) is 0 Å². The number of rotatable bonds is 9. The molecule has 9 aromatic carbocycles. The molecule has 0 atom stereocenters. The average Bonchev–Trinajstić information content (AvgIpc) is 3.56. The van der Waals surface area contributed by atoms with Crippen LogP contribution < -0.4 is 9.80 Å².